The van der Waals surface area contributed by atoms with Gasteiger partial charge in [0, 0.05) is 31.3 Å². The summed E-state index contributed by atoms with van der Waals surface area (Å²) < 4.78 is 1.92. The average Bonchev–Trinajstić information content (AvgIpc) is 2.99. The van der Waals surface area contributed by atoms with Crippen LogP contribution >= 0.6 is 0 Å². The van der Waals surface area contributed by atoms with Crippen LogP contribution in [0.3, 0.4) is 0 Å². The number of rotatable bonds is 4. The summed E-state index contributed by atoms with van der Waals surface area (Å²) in [5.74, 6) is 1.70. The van der Waals surface area contributed by atoms with Gasteiger partial charge in [-0.05, 0) is 43.9 Å². The molecule has 4 rings (SSSR count). The molecular formula is C17H26N4O2. The molecule has 0 unspecified atom stereocenters. The maximum absolute atomic E-state index is 12.3. The highest BCUT2D eigenvalue weighted by molar-refractivity contribution is 5.79. The third-order valence-corrected chi connectivity index (χ3v) is 6.45. The van der Waals surface area contributed by atoms with E-state index >= 15 is 0 Å². The third-order valence-electron chi connectivity index (χ3n) is 6.45. The maximum Gasteiger partial charge on any atom is 0.223 e. The van der Waals surface area contributed by atoms with Gasteiger partial charge >= 0.3 is 0 Å². The van der Waals surface area contributed by atoms with Crippen molar-refractivity contribution in [1.82, 2.24) is 20.1 Å². The first kappa shape index (κ1) is 15.1. The van der Waals surface area contributed by atoms with Crippen molar-refractivity contribution in [3.8, 4) is 0 Å². The molecule has 126 valence electrons. The Balaban J connectivity index is 1.26. The lowest BCUT2D eigenvalue weighted by molar-refractivity contribution is -0.137. The van der Waals surface area contributed by atoms with E-state index in [9.17, 15) is 9.90 Å². The first-order chi connectivity index (χ1) is 11.1. The van der Waals surface area contributed by atoms with Crippen molar-refractivity contribution in [3.05, 3.63) is 12.2 Å². The number of carbonyl (C=O) groups excluding carboxylic acids is 1. The van der Waals surface area contributed by atoms with Gasteiger partial charge in [-0.3, -0.25) is 4.79 Å². The summed E-state index contributed by atoms with van der Waals surface area (Å²) in [6.45, 7) is 0.581. The fourth-order valence-electron chi connectivity index (χ4n) is 4.83. The minimum Gasteiger partial charge on any atom is -0.393 e. The summed E-state index contributed by atoms with van der Waals surface area (Å²) in [6.07, 6.45) is 9.03. The molecule has 0 aliphatic heterocycles. The Bertz CT molecular complexity index is 587. The van der Waals surface area contributed by atoms with Gasteiger partial charge in [-0.1, -0.05) is 6.42 Å². The SMILES string of the molecule is Cn1cnnc1[C@H]1C[C@H](CNC(=O)C2CC3(CCC3)C2)[C@H](O)C1. The zero-order chi connectivity index (χ0) is 16.0. The number of aliphatic hydroxyl groups is 1. The van der Waals surface area contributed by atoms with E-state index in [2.05, 4.69) is 15.5 Å². The van der Waals surface area contributed by atoms with E-state index in [0.717, 1.165) is 25.1 Å². The standard InChI is InChI=1S/C17H26N4O2/c1-21-10-19-20-15(21)11-5-12(14(22)6-11)9-18-16(23)13-7-17(8-13)3-2-4-17/h10-14,22H,2-9H2,1H3,(H,18,23)/t11-,12+,14+/m0/s1. The van der Waals surface area contributed by atoms with Crippen LogP contribution in [0, 0.1) is 17.3 Å². The summed E-state index contributed by atoms with van der Waals surface area (Å²) in [7, 11) is 1.93. The van der Waals surface area contributed by atoms with Gasteiger partial charge in [0.2, 0.25) is 5.91 Å². The molecule has 0 aromatic carbocycles. The first-order valence-corrected chi connectivity index (χ1v) is 8.86. The molecule has 1 spiro atoms. The predicted molar refractivity (Wildman–Crippen MR) is 84.5 cm³/mol. The summed E-state index contributed by atoms with van der Waals surface area (Å²) in [5.41, 5.74) is 0.533. The monoisotopic (exact) mass is 318 g/mol. The molecule has 1 aromatic heterocycles. The van der Waals surface area contributed by atoms with E-state index < -0.39 is 0 Å². The number of aliphatic hydroxyl groups excluding tert-OH is 1. The first-order valence-electron chi connectivity index (χ1n) is 8.86. The summed E-state index contributed by atoms with van der Waals surface area (Å²) in [6, 6.07) is 0. The second-order valence-electron chi connectivity index (χ2n) is 8.00. The summed E-state index contributed by atoms with van der Waals surface area (Å²) >= 11 is 0. The number of nitrogens with one attached hydrogen (secondary N) is 1. The fourth-order valence-corrected chi connectivity index (χ4v) is 4.83. The minimum absolute atomic E-state index is 0.124. The van der Waals surface area contributed by atoms with Gasteiger partial charge in [-0.25, -0.2) is 0 Å². The van der Waals surface area contributed by atoms with Gasteiger partial charge in [-0.2, -0.15) is 0 Å². The highest BCUT2D eigenvalue weighted by Gasteiger charge is 2.50. The number of hydrogen-bond donors (Lipinski definition) is 2. The normalized spacial score (nSPS) is 32.5. The van der Waals surface area contributed by atoms with Crippen molar-refractivity contribution < 1.29 is 9.90 Å². The van der Waals surface area contributed by atoms with Crippen molar-refractivity contribution in [2.75, 3.05) is 6.54 Å². The number of nitrogens with zero attached hydrogens (tertiary/aromatic N) is 3. The Kier molecular flexibility index (Phi) is 3.67. The molecule has 6 heteroatoms. The van der Waals surface area contributed by atoms with Gasteiger partial charge in [0.25, 0.3) is 0 Å². The fraction of sp³-hybridized carbons (Fsp3) is 0.824. The number of hydrogen-bond acceptors (Lipinski definition) is 4. The van der Waals surface area contributed by atoms with Gasteiger partial charge in [0.15, 0.2) is 0 Å². The lowest BCUT2D eigenvalue weighted by Gasteiger charge is -2.53. The lowest BCUT2D eigenvalue weighted by Crippen LogP contribution is -2.49. The molecule has 23 heavy (non-hydrogen) atoms. The second-order valence-corrected chi connectivity index (χ2v) is 8.00. The highest BCUT2D eigenvalue weighted by atomic mass is 16.3. The highest BCUT2D eigenvalue weighted by Crippen LogP contribution is 2.58. The third kappa shape index (κ3) is 2.67. The smallest absolute Gasteiger partial charge is 0.223 e. The molecule has 3 fully saturated rings. The quantitative estimate of drug-likeness (QED) is 0.878. The van der Waals surface area contributed by atoms with E-state index in [1.165, 1.54) is 19.3 Å². The zero-order valence-corrected chi connectivity index (χ0v) is 13.7. The largest absolute Gasteiger partial charge is 0.393 e. The Morgan fingerprint density at radius 3 is 2.83 bits per heavy atom. The van der Waals surface area contributed by atoms with Crippen molar-refractivity contribution in [3.63, 3.8) is 0 Å². The van der Waals surface area contributed by atoms with Crippen LogP contribution in [0.15, 0.2) is 6.33 Å². The van der Waals surface area contributed by atoms with Crippen LogP contribution in [0.4, 0.5) is 0 Å². The second kappa shape index (κ2) is 5.58. The molecule has 3 aliphatic rings. The van der Waals surface area contributed by atoms with Crippen LogP contribution in [0.1, 0.15) is 56.7 Å². The van der Waals surface area contributed by atoms with Crippen molar-refractivity contribution in [1.29, 1.82) is 0 Å². The zero-order valence-electron chi connectivity index (χ0n) is 13.7. The molecule has 1 heterocycles. The molecule has 0 bridgehead atoms. The molecular weight excluding hydrogens is 292 g/mol. The molecule has 0 saturated heterocycles. The summed E-state index contributed by atoms with van der Waals surface area (Å²) in [4.78, 5) is 12.3. The van der Waals surface area contributed by atoms with E-state index in [-0.39, 0.29) is 29.8 Å². The summed E-state index contributed by atoms with van der Waals surface area (Å²) in [5, 5.41) is 21.5. The molecule has 1 amide bonds. The lowest BCUT2D eigenvalue weighted by atomic mass is 9.51. The van der Waals surface area contributed by atoms with Crippen molar-refractivity contribution >= 4 is 5.91 Å². The number of aromatic nitrogens is 3. The number of amides is 1. The molecule has 3 aliphatic carbocycles. The van der Waals surface area contributed by atoms with E-state index in [1.54, 1.807) is 6.33 Å². The van der Waals surface area contributed by atoms with Crippen LogP contribution in [0.2, 0.25) is 0 Å². The van der Waals surface area contributed by atoms with Crippen LogP contribution < -0.4 is 5.32 Å². The average molecular weight is 318 g/mol. The van der Waals surface area contributed by atoms with Crippen LogP contribution in [-0.2, 0) is 11.8 Å². The minimum atomic E-state index is -0.364. The predicted octanol–water partition coefficient (Wildman–Crippen LogP) is 1.37. The molecule has 2 N–H and O–H groups in total. The maximum atomic E-state index is 12.3. The Hall–Kier alpha value is -1.43. The molecule has 0 radical (unpaired) electrons. The van der Waals surface area contributed by atoms with Gasteiger partial charge < -0.3 is 15.0 Å². The van der Waals surface area contributed by atoms with Crippen LogP contribution in [0.25, 0.3) is 0 Å². The number of aryl methyl sites for hydroxylation is 1. The Labute approximate surface area is 136 Å². The van der Waals surface area contributed by atoms with E-state index in [0.29, 0.717) is 18.4 Å². The van der Waals surface area contributed by atoms with Crippen molar-refractivity contribution in [2.24, 2.45) is 24.3 Å². The molecule has 1 aromatic rings. The molecule has 6 nitrogen and oxygen atoms in total. The molecule has 3 saturated carbocycles. The van der Waals surface area contributed by atoms with Gasteiger partial charge in [0.1, 0.15) is 12.2 Å². The van der Waals surface area contributed by atoms with E-state index in [4.69, 9.17) is 0 Å². The Morgan fingerprint density at radius 1 is 1.43 bits per heavy atom. The topological polar surface area (TPSA) is 80.0 Å². The van der Waals surface area contributed by atoms with Crippen molar-refractivity contribution in [2.45, 2.75) is 57.0 Å². The van der Waals surface area contributed by atoms with Gasteiger partial charge in [0.05, 0.1) is 6.10 Å². The van der Waals surface area contributed by atoms with Gasteiger partial charge in [-0.15, -0.1) is 10.2 Å². The van der Waals surface area contributed by atoms with Crippen LogP contribution in [-0.4, -0.2) is 38.4 Å². The molecule has 3 atom stereocenters. The Morgan fingerprint density at radius 2 is 2.22 bits per heavy atom. The van der Waals surface area contributed by atoms with E-state index in [1.807, 2.05) is 11.6 Å². The van der Waals surface area contributed by atoms with Crippen LogP contribution in [0.5, 0.6) is 0 Å². The number of carbonyl (C=O) groups is 1.